The van der Waals surface area contributed by atoms with Crippen LogP contribution in [0.25, 0.3) is 0 Å². The van der Waals surface area contributed by atoms with Crippen molar-refractivity contribution in [1.29, 1.82) is 0 Å². The normalized spacial score (nSPS) is 44.3. The first-order chi connectivity index (χ1) is 30.8. The number of ether oxygens (including phenoxy) is 4. The number of aromatic hydroxyl groups is 2. The zero-order valence-electron chi connectivity index (χ0n) is 40.5. The van der Waals surface area contributed by atoms with Crippen molar-refractivity contribution in [3.63, 3.8) is 0 Å². The third kappa shape index (κ3) is 4.89. The Morgan fingerprint density at radius 2 is 1.05 bits per heavy atom. The maximum atomic E-state index is 12.2. The first-order valence-electron chi connectivity index (χ1n) is 25.9. The van der Waals surface area contributed by atoms with E-state index in [4.69, 9.17) is 18.9 Å². The minimum Gasteiger partial charge on any atom is -0.504 e. The maximum Gasteiger partial charge on any atom is 0.165 e. The highest BCUT2D eigenvalue weighted by molar-refractivity contribution is 5.65. The van der Waals surface area contributed by atoms with Crippen molar-refractivity contribution in [3.05, 3.63) is 46.5 Å². The number of hydrogen-bond acceptors (Lipinski definition) is 10. The van der Waals surface area contributed by atoms with Crippen molar-refractivity contribution in [3.8, 4) is 23.0 Å². The molecule has 10 heteroatoms. The predicted molar refractivity (Wildman–Crippen MR) is 247 cm³/mol. The van der Waals surface area contributed by atoms with Gasteiger partial charge in [0, 0.05) is 84.0 Å². The van der Waals surface area contributed by atoms with Crippen LogP contribution in [0.1, 0.15) is 141 Å². The Morgan fingerprint density at radius 1 is 0.615 bits per heavy atom. The van der Waals surface area contributed by atoms with Crippen LogP contribution in [0.15, 0.2) is 24.3 Å². The first kappa shape index (κ1) is 42.5. The number of aliphatic hydroxyl groups is 2. The molecule has 354 valence electrons. The lowest BCUT2D eigenvalue weighted by Gasteiger charge is -2.75. The van der Waals surface area contributed by atoms with Crippen molar-refractivity contribution in [1.82, 2.24) is 9.80 Å². The molecule has 2 aromatic carbocycles. The SMILES string of the molecule is CO[C@@]12CC[C@@]3(C[C@@H]1[C@](C)(O)C(C)(C)C)[C@H]1Cc4ccc(O)c5c4[C@@]3(CCN1CC1CC1)[C@H]2O5.CO[C@]12CC[C@@]3(C[C@@H]1C(C)(C)O)[C@H]1Cc4ccc(O)c5c4[C@@]3(CCN1CC1CC1)[C@H]2O5. The molecule has 10 aliphatic carbocycles. The van der Waals surface area contributed by atoms with E-state index in [0.717, 1.165) is 89.1 Å². The van der Waals surface area contributed by atoms with E-state index in [1.807, 2.05) is 47.1 Å². The summed E-state index contributed by atoms with van der Waals surface area (Å²) in [5.41, 5.74) is 2.02. The van der Waals surface area contributed by atoms with Crippen LogP contribution in [-0.4, -0.2) is 117 Å². The fourth-order valence-electron chi connectivity index (χ4n) is 18.8. The Hall–Kier alpha value is -2.60. The van der Waals surface area contributed by atoms with E-state index in [1.165, 1.54) is 61.0 Å². The van der Waals surface area contributed by atoms with E-state index >= 15 is 0 Å². The molecule has 4 heterocycles. The molecule has 0 amide bonds. The molecular formula is C55H76N2O8. The number of fused-ring (bicyclic) bond motifs is 4. The molecule has 0 aromatic heterocycles. The zero-order chi connectivity index (χ0) is 45.3. The quantitative estimate of drug-likeness (QED) is 0.209. The predicted octanol–water partition coefficient (Wildman–Crippen LogP) is 7.80. The van der Waals surface area contributed by atoms with Gasteiger partial charge in [0.25, 0.3) is 0 Å². The monoisotopic (exact) mass is 893 g/mol. The number of hydrogen-bond donors (Lipinski definition) is 4. The summed E-state index contributed by atoms with van der Waals surface area (Å²) in [4.78, 5) is 5.63. The molecule has 4 aliphatic heterocycles. The topological polar surface area (TPSA) is 124 Å². The summed E-state index contributed by atoms with van der Waals surface area (Å²) in [5, 5.41) is 45.4. The van der Waals surface area contributed by atoms with E-state index in [1.54, 1.807) is 0 Å². The maximum absolute atomic E-state index is 12.2. The minimum absolute atomic E-state index is 0.0123. The van der Waals surface area contributed by atoms with E-state index < -0.39 is 22.4 Å². The van der Waals surface area contributed by atoms with Crippen LogP contribution in [-0.2, 0) is 33.1 Å². The van der Waals surface area contributed by atoms with Crippen LogP contribution >= 0.6 is 0 Å². The van der Waals surface area contributed by atoms with E-state index in [-0.39, 0.29) is 62.6 Å². The highest BCUT2D eigenvalue weighted by Gasteiger charge is 2.84. The Bertz CT molecular complexity index is 2350. The van der Waals surface area contributed by atoms with Crippen LogP contribution in [0.4, 0.5) is 0 Å². The second-order valence-electron chi connectivity index (χ2n) is 25.8. The molecule has 0 unspecified atom stereocenters. The van der Waals surface area contributed by atoms with Crippen LogP contribution in [0.3, 0.4) is 0 Å². The largest absolute Gasteiger partial charge is 0.504 e. The number of methoxy groups -OCH3 is 2. The van der Waals surface area contributed by atoms with Crippen molar-refractivity contribution in [2.45, 2.75) is 189 Å². The summed E-state index contributed by atoms with van der Waals surface area (Å²) < 4.78 is 26.6. The van der Waals surface area contributed by atoms with E-state index in [2.05, 4.69) is 42.7 Å². The van der Waals surface area contributed by atoms with Crippen molar-refractivity contribution < 1.29 is 39.4 Å². The molecule has 10 nitrogen and oxygen atoms in total. The molecule has 4 N–H and O–H groups in total. The number of piperidine rings is 2. The van der Waals surface area contributed by atoms with Gasteiger partial charge in [-0.3, -0.25) is 9.80 Å². The number of nitrogens with zero attached hydrogens (tertiary/aromatic N) is 2. The summed E-state index contributed by atoms with van der Waals surface area (Å²) in [6.45, 7) is 17.0. The van der Waals surface area contributed by atoms with E-state index in [9.17, 15) is 20.4 Å². The average molecular weight is 893 g/mol. The molecule has 10 fully saturated rings. The Labute approximate surface area is 386 Å². The summed E-state index contributed by atoms with van der Waals surface area (Å²) in [5.74, 6) is 3.66. The van der Waals surface area contributed by atoms with Crippen LogP contribution in [0.2, 0.25) is 0 Å². The lowest BCUT2D eigenvalue weighted by Crippen LogP contribution is -2.83. The summed E-state index contributed by atoms with van der Waals surface area (Å²) in [6.07, 6.45) is 15.4. The standard InChI is InChI=1S/C29H41NO4.C26H35NO4/c1-25(2,3)26(4,32)20-15-27-10-11-29(20,33-5)24-28(27)12-13-30(16-17-6-7-17)21(27)14-18-8-9-19(31)23(34-24)22(18)28;1-23(2,29)18-13-24-8-9-26(18,30-3)22-25(24)10-11-27(14-15-4-5-15)19(24)12-16-6-7-17(28)21(31-22)20(16)25/h8-9,17,20-21,24,31-32H,6-7,10-16H2,1-5H3;6-7,15,18-19,22,28-29H,4-5,8-14H2,1-3H3/t20-,21-,24-,26+,27-,28+,29+;18-,19-,22-,24-,25+,26-/m11/s1. The van der Waals surface area contributed by atoms with Crippen LogP contribution in [0.5, 0.6) is 23.0 Å². The zero-order valence-corrected chi connectivity index (χ0v) is 40.5. The molecule has 8 saturated carbocycles. The van der Waals surface area contributed by atoms with Gasteiger partial charge in [-0.1, -0.05) is 32.9 Å². The third-order valence-electron chi connectivity index (χ3n) is 22.4. The summed E-state index contributed by atoms with van der Waals surface area (Å²) >= 11 is 0. The third-order valence-corrected chi connectivity index (χ3v) is 22.4. The Morgan fingerprint density at radius 3 is 1.45 bits per heavy atom. The van der Waals surface area contributed by atoms with Gasteiger partial charge in [-0.15, -0.1) is 0 Å². The molecule has 4 spiro atoms. The molecule has 2 aromatic rings. The van der Waals surface area contributed by atoms with Gasteiger partial charge in [0.1, 0.15) is 23.4 Å². The molecule has 8 bridgehead atoms. The Balaban J connectivity index is 0.000000131. The number of likely N-dealkylation sites (tertiary alicyclic amines) is 2. The summed E-state index contributed by atoms with van der Waals surface area (Å²) in [6, 6.07) is 8.92. The van der Waals surface area contributed by atoms with Gasteiger partial charge in [0.2, 0.25) is 0 Å². The molecule has 16 rings (SSSR count). The van der Waals surface area contributed by atoms with Gasteiger partial charge in [-0.05, 0) is 164 Å². The number of benzene rings is 2. The molecule has 13 atom stereocenters. The highest BCUT2D eigenvalue weighted by Crippen LogP contribution is 2.80. The number of phenolic OH excluding ortho intramolecular Hbond substituents is 2. The first-order valence-corrected chi connectivity index (χ1v) is 25.9. The molecule has 0 radical (unpaired) electrons. The van der Waals surface area contributed by atoms with Gasteiger partial charge in [-0.25, -0.2) is 0 Å². The molecule has 14 aliphatic rings. The fraction of sp³-hybridized carbons (Fsp3) is 0.782. The Kier molecular flexibility index (Phi) is 8.48. The molecular weight excluding hydrogens is 817 g/mol. The van der Waals surface area contributed by atoms with Gasteiger partial charge in [-0.2, -0.15) is 0 Å². The summed E-state index contributed by atoms with van der Waals surface area (Å²) in [7, 11) is 3.64. The lowest BCUT2D eigenvalue weighted by atomic mass is 9.33. The molecule has 2 saturated heterocycles. The fourth-order valence-corrected chi connectivity index (χ4v) is 18.8. The van der Waals surface area contributed by atoms with Gasteiger partial charge >= 0.3 is 0 Å². The van der Waals surface area contributed by atoms with Crippen molar-refractivity contribution in [2.24, 2.45) is 39.9 Å². The van der Waals surface area contributed by atoms with E-state index in [0.29, 0.717) is 23.6 Å². The van der Waals surface area contributed by atoms with Crippen LogP contribution in [0, 0.1) is 39.9 Å². The number of rotatable bonds is 8. The van der Waals surface area contributed by atoms with Crippen molar-refractivity contribution >= 4 is 0 Å². The highest BCUT2D eigenvalue weighted by atomic mass is 16.6. The second kappa shape index (κ2) is 13.0. The number of phenols is 2. The van der Waals surface area contributed by atoms with Crippen LogP contribution < -0.4 is 9.47 Å². The molecule has 65 heavy (non-hydrogen) atoms. The minimum atomic E-state index is -0.909. The van der Waals surface area contributed by atoms with Gasteiger partial charge in [0.15, 0.2) is 23.0 Å². The lowest BCUT2D eigenvalue weighted by molar-refractivity contribution is -0.312. The smallest absolute Gasteiger partial charge is 0.165 e. The van der Waals surface area contributed by atoms with Gasteiger partial charge in [0.05, 0.1) is 11.2 Å². The average Bonchev–Trinajstić information content (AvgIpc) is 4.20. The van der Waals surface area contributed by atoms with Crippen molar-refractivity contribution in [2.75, 3.05) is 40.4 Å². The second-order valence-corrected chi connectivity index (χ2v) is 25.8. The van der Waals surface area contributed by atoms with Gasteiger partial charge < -0.3 is 39.4 Å².